The highest BCUT2D eigenvalue weighted by molar-refractivity contribution is 6.00. The molecule has 0 unspecified atom stereocenters. The number of nitrogens with zero attached hydrogens (tertiary/aromatic N) is 2. The Morgan fingerprint density at radius 3 is 1.25 bits per heavy atom. The Hall–Kier alpha value is -6.96. The number of benzene rings is 4. The molecule has 4 aromatic rings. The van der Waals surface area contributed by atoms with Gasteiger partial charge in [0.2, 0.25) is 25.4 Å². The molecule has 0 radical (unpaired) electrons. The average molecular weight is 929 g/mol. The molecule has 4 aromatic carbocycles. The number of para-hydroxylation sites is 2. The van der Waals surface area contributed by atoms with E-state index in [-0.39, 0.29) is 73.3 Å². The molecule has 8 rings (SSSR count). The fourth-order valence-corrected chi connectivity index (χ4v) is 8.88. The van der Waals surface area contributed by atoms with Crippen LogP contribution in [-0.2, 0) is 9.59 Å². The Balaban J connectivity index is 0.000000201. The molecule has 0 spiro atoms. The van der Waals surface area contributed by atoms with Gasteiger partial charge in [0, 0.05) is 26.9 Å². The highest BCUT2D eigenvalue weighted by Crippen LogP contribution is 2.37. The van der Waals surface area contributed by atoms with Crippen LogP contribution in [0.4, 0.5) is 0 Å². The first-order valence-corrected chi connectivity index (χ1v) is 23.5. The summed E-state index contributed by atoms with van der Waals surface area (Å²) in [6.07, 6.45) is 10.5. The molecule has 4 aliphatic rings. The normalized spacial score (nSPS) is 24.1. The first kappa shape index (κ1) is 49.0. The molecule has 360 valence electrons. The van der Waals surface area contributed by atoms with Crippen LogP contribution in [0.1, 0.15) is 111 Å². The summed E-state index contributed by atoms with van der Waals surface area (Å²) >= 11 is 0. The van der Waals surface area contributed by atoms with Crippen LogP contribution in [-0.4, -0.2) is 85.4 Å². The van der Waals surface area contributed by atoms with Gasteiger partial charge >= 0.3 is 0 Å². The number of amides is 4. The van der Waals surface area contributed by atoms with Crippen molar-refractivity contribution in [1.29, 1.82) is 0 Å². The minimum absolute atomic E-state index is 0.0955. The number of carbonyl (C=O) groups excluding carboxylic acids is 4. The number of rotatable bonds is 4. The molecular formula is C54H64N4O10. The third-order valence-corrected chi connectivity index (χ3v) is 12.4. The maximum atomic E-state index is 13.5. The summed E-state index contributed by atoms with van der Waals surface area (Å²) in [5.74, 6) is 2.69. The summed E-state index contributed by atoms with van der Waals surface area (Å²) < 4.78 is 34.2. The van der Waals surface area contributed by atoms with Crippen LogP contribution < -0.4 is 39.1 Å². The van der Waals surface area contributed by atoms with E-state index in [4.69, 9.17) is 28.4 Å². The molecule has 6 atom stereocenters. The molecule has 0 fully saturated rings. The van der Waals surface area contributed by atoms with E-state index in [1.54, 1.807) is 38.4 Å². The van der Waals surface area contributed by atoms with Gasteiger partial charge in [0.1, 0.15) is 23.6 Å². The molecule has 4 heterocycles. The zero-order valence-corrected chi connectivity index (χ0v) is 40.2. The minimum Gasteiger partial charge on any atom is -0.490 e. The second-order valence-corrected chi connectivity index (χ2v) is 18.3. The smallest absolute Gasteiger partial charge is 0.258 e. The van der Waals surface area contributed by atoms with Crippen LogP contribution in [0.2, 0.25) is 0 Å². The molecule has 0 aromatic heterocycles. The second kappa shape index (κ2) is 22.2. The molecule has 4 aliphatic heterocycles. The molecule has 0 aliphatic carbocycles. The predicted molar refractivity (Wildman–Crippen MR) is 258 cm³/mol. The van der Waals surface area contributed by atoms with Gasteiger partial charge in [0.25, 0.3) is 11.8 Å². The zero-order chi connectivity index (χ0) is 48.5. The largest absolute Gasteiger partial charge is 0.490 e. The average Bonchev–Trinajstić information content (AvgIpc) is 4.00. The molecule has 0 saturated carbocycles. The highest BCUT2D eigenvalue weighted by Gasteiger charge is 2.35. The van der Waals surface area contributed by atoms with Crippen molar-refractivity contribution < 1.29 is 47.6 Å². The second-order valence-electron chi connectivity index (χ2n) is 18.3. The first-order valence-electron chi connectivity index (χ1n) is 23.5. The quantitative estimate of drug-likeness (QED) is 0.190. The predicted octanol–water partition coefficient (Wildman–Crippen LogP) is 8.97. The summed E-state index contributed by atoms with van der Waals surface area (Å²) in [6.45, 7) is 12.1. The molecule has 4 amide bonds. The Labute approximate surface area is 399 Å². The number of hydrogen-bond donors (Lipinski definition) is 2. The lowest BCUT2D eigenvalue weighted by Gasteiger charge is -2.32. The van der Waals surface area contributed by atoms with E-state index in [0.717, 1.165) is 11.1 Å². The van der Waals surface area contributed by atoms with Gasteiger partial charge in [0.15, 0.2) is 23.0 Å². The Bertz CT molecular complexity index is 2330. The standard InChI is InChI=1S/2C27H32N2O5/c2*1-17(2)25-26(30)28-21(19-13-14-23-24(15-19)33-16-32-23)11-7-5-9-18(3)34-22-12-8-6-10-20(22)27(31)29(25)4/h2*5-8,10,12-15,17-18,21,25H,9,11,16H2,1-4H3,(H,28,30)/b7-5+;7-5-/t2*18-,21-,25+/m11/s1. The van der Waals surface area contributed by atoms with Crippen molar-refractivity contribution >= 4 is 23.6 Å². The summed E-state index contributed by atoms with van der Waals surface area (Å²) in [7, 11) is 3.35. The van der Waals surface area contributed by atoms with Crippen molar-refractivity contribution in [3.8, 4) is 34.5 Å². The van der Waals surface area contributed by atoms with E-state index >= 15 is 0 Å². The number of hydrogen-bond acceptors (Lipinski definition) is 10. The molecular weight excluding hydrogens is 865 g/mol. The van der Waals surface area contributed by atoms with E-state index in [9.17, 15) is 19.2 Å². The monoisotopic (exact) mass is 928 g/mol. The molecule has 14 heteroatoms. The van der Waals surface area contributed by atoms with E-state index in [0.29, 0.717) is 71.3 Å². The first-order chi connectivity index (χ1) is 32.7. The zero-order valence-electron chi connectivity index (χ0n) is 40.2. The van der Waals surface area contributed by atoms with Crippen LogP contribution in [0.5, 0.6) is 34.5 Å². The third-order valence-electron chi connectivity index (χ3n) is 12.4. The Kier molecular flexibility index (Phi) is 16.0. The van der Waals surface area contributed by atoms with Crippen molar-refractivity contribution in [3.63, 3.8) is 0 Å². The van der Waals surface area contributed by atoms with Crippen LogP contribution in [0.25, 0.3) is 0 Å². The van der Waals surface area contributed by atoms with E-state index < -0.39 is 12.1 Å². The molecule has 0 saturated heterocycles. The fourth-order valence-electron chi connectivity index (χ4n) is 8.88. The minimum atomic E-state index is -0.651. The van der Waals surface area contributed by atoms with Gasteiger partial charge in [-0.2, -0.15) is 0 Å². The number of carbonyl (C=O) groups is 4. The van der Waals surface area contributed by atoms with Crippen molar-refractivity contribution in [2.24, 2.45) is 11.8 Å². The molecule has 14 nitrogen and oxygen atoms in total. The van der Waals surface area contributed by atoms with Crippen LogP contribution in [0.3, 0.4) is 0 Å². The highest BCUT2D eigenvalue weighted by atomic mass is 16.7. The van der Waals surface area contributed by atoms with E-state index in [1.807, 2.05) is 102 Å². The number of fused-ring (bicyclic) bond motifs is 4. The molecule has 68 heavy (non-hydrogen) atoms. The van der Waals surface area contributed by atoms with E-state index in [1.165, 1.54) is 9.80 Å². The van der Waals surface area contributed by atoms with Gasteiger partial charge in [-0.3, -0.25) is 19.2 Å². The van der Waals surface area contributed by atoms with E-state index in [2.05, 4.69) is 34.9 Å². The van der Waals surface area contributed by atoms with Gasteiger partial charge < -0.3 is 48.9 Å². The van der Waals surface area contributed by atoms with Crippen LogP contribution in [0.15, 0.2) is 109 Å². The SMILES string of the molecule is CC(C)[C@H]1C(=O)N[C@@H](c2ccc3c(c2)OCO3)C/C=C/C[C@@H](C)Oc2ccccc2C(=O)N1C.CC(C)[C@H]1C(=O)N[C@@H](c2ccc3c(c2)OCO3)C/C=C\C[C@@H](C)Oc2ccccc2C(=O)N1C. The summed E-state index contributed by atoms with van der Waals surface area (Å²) in [4.78, 5) is 57.1. The topological polar surface area (TPSA) is 154 Å². The lowest BCUT2D eigenvalue weighted by Crippen LogP contribution is -2.51. The van der Waals surface area contributed by atoms with Crippen molar-refractivity contribution in [3.05, 3.63) is 131 Å². The van der Waals surface area contributed by atoms with Gasteiger partial charge in [-0.1, -0.05) is 88.4 Å². The van der Waals surface area contributed by atoms with Crippen molar-refractivity contribution in [2.75, 3.05) is 27.7 Å². The van der Waals surface area contributed by atoms with Gasteiger partial charge in [-0.05, 0) is 98.2 Å². The maximum Gasteiger partial charge on any atom is 0.258 e. The number of nitrogens with one attached hydrogen (secondary N) is 2. The maximum absolute atomic E-state index is 13.5. The Morgan fingerprint density at radius 1 is 0.485 bits per heavy atom. The molecule has 0 bridgehead atoms. The van der Waals surface area contributed by atoms with Crippen LogP contribution in [0, 0.1) is 11.8 Å². The van der Waals surface area contributed by atoms with Gasteiger partial charge in [0.05, 0.1) is 35.4 Å². The third kappa shape index (κ3) is 11.6. The fraction of sp³-hybridized carbons (Fsp3) is 0.407. The summed E-state index contributed by atoms with van der Waals surface area (Å²) in [6, 6.07) is 23.9. The summed E-state index contributed by atoms with van der Waals surface area (Å²) in [5.41, 5.74) is 2.73. The van der Waals surface area contributed by atoms with Gasteiger partial charge in [-0.25, -0.2) is 0 Å². The van der Waals surface area contributed by atoms with Crippen LogP contribution >= 0.6 is 0 Å². The lowest BCUT2D eigenvalue weighted by molar-refractivity contribution is -0.128. The lowest BCUT2D eigenvalue weighted by atomic mass is 9.97. The van der Waals surface area contributed by atoms with Crippen molar-refractivity contribution in [1.82, 2.24) is 20.4 Å². The number of likely N-dealkylation sites (N-methyl/N-ethyl adjacent to an activating group) is 2. The Morgan fingerprint density at radius 2 is 0.853 bits per heavy atom. The van der Waals surface area contributed by atoms with Crippen molar-refractivity contribution in [2.45, 2.75) is 104 Å². The summed E-state index contributed by atoms with van der Waals surface area (Å²) in [5, 5.41) is 6.37. The molecule has 2 N–H and O–H groups in total. The number of ether oxygens (including phenoxy) is 6. The van der Waals surface area contributed by atoms with Gasteiger partial charge in [-0.15, -0.1) is 0 Å².